The van der Waals surface area contributed by atoms with Crippen molar-refractivity contribution in [3.63, 3.8) is 0 Å². The van der Waals surface area contributed by atoms with E-state index in [4.69, 9.17) is 5.73 Å². The molecule has 1 saturated heterocycles. The number of nitrogens with one attached hydrogen (secondary N) is 1. The lowest BCUT2D eigenvalue weighted by molar-refractivity contribution is 0.193. The Morgan fingerprint density at radius 1 is 1.50 bits per heavy atom. The Balaban J connectivity index is 1.84. The summed E-state index contributed by atoms with van der Waals surface area (Å²) in [6.45, 7) is 1.46. The van der Waals surface area contributed by atoms with Crippen molar-refractivity contribution in [2.24, 2.45) is 5.73 Å². The number of piperidine rings is 1. The number of likely N-dealkylation sites (tertiary alicyclic amines) is 1. The van der Waals surface area contributed by atoms with Crippen LogP contribution in [0.5, 0.6) is 0 Å². The van der Waals surface area contributed by atoms with E-state index in [2.05, 4.69) is 10.3 Å². The van der Waals surface area contributed by atoms with E-state index in [-0.39, 0.29) is 6.03 Å². The van der Waals surface area contributed by atoms with Gasteiger partial charge in [0.25, 0.3) is 0 Å². The fourth-order valence-corrected chi connectivity index (χ4v) is 1.93. The molecule has 0 saturated carbocycles. The molecule has 1 aliphatic rings. The Kier molecular flexibility index (Phi) is 3.24. The number of nitrogens with two attached hydrogens (primary N) is 1. The van der Waals surface area contributed by atoms with Crippen molar-refractivity contribution in [3.8, 4) is 0 Å². The number of anilines is 1. The Hall–Kier alpha value is -1.78. The molecule has 0 aromatic carbocycles. The second-order valence-electron chi connectivity index (χ2n) is 3.99. The third-order valence-electron chi connectivity index (χ3n) is 2.84. The molecule has 1 fully saturated rings. The molecule has 1 aromatic heterocycles. The van der Waals surface area contributed by atoms with E-state index in [1.807, 2.05) is 12.1 Å². The van der Waals surface area contributed by atoms with E-state index < -0.39 is 0 Å². The zero-order chi connectivity index (χ0) is 11.4. The van der Waals surface area contributed by atoms with Gasteiger partial charge in [-0.05, 0) is 25.0 Å². The minimum atomic E-state index is -0.320. The van der Waals surface area contributed by atoms with Crippen LogP contribution < -0.4 is 11.1 Å². The number of pyridine rings is 1. The standard InChI is InChI=1S/C11H16N4O/c12-11(16)15-6-3-9(4-7-15)14-10-2-1-5-13-8-10/h1-2,5,8-9,14H,3-4,6-7H2,(H2,12,16). The number of carbonyl (C=O) groups is 1. The number of rotatable bonds is 2. The summed E-state index contributed by atoms with van der Waals surface area (Å²) < 4.78 is 0. The highest BCUT2D eigenvalue weighted by atomic mass is 16.2. The van der Waals surface area contributed by atoms with Crippen molar-refractivity contribution in [2.75, 3.05) is 18.4 Å². The summed E-state index contributed by atoms with van der Waals surface area (Å²) in [5, 5.41) is 3.40. The first-order valence-electron chi connectivity index (χ1n) is 5.46. The molecule has 1 aliphatic heterocycles. The maximum absolute atomic E-state index is 10.9. The zero-order valence-electron chi connectivity index (χ0n) is 9.10. The van der Waals surface area contributed by atoms with Gasteiger partial charge in [0.05, 0.1) is 5.69 Å². The smallest absolute Gasteiger partial charge is 0.314 e. The molecule has 0 atom stereocenters. The van der Waals surface area contributed by atoms with Gasteiger partial charge in [-0.15, -0.1) is 0 Å². The minimum absolute atomic E-state index is 0.320. The minimum Gasteiger partial charge on any atom is -0.381 e. The number of nitrogens with zero attached hydrogens (tertiary/aromatic N) is 2. The molecule has 0 radical (unpaired) electrons. The number of urea groups is 1. The van der Waals surface area contributed by atoms with Gasteiger partial charge >= 0.3 is 6.03 Å². The molecule has 2 heterocycles. The normalized spacial score (nSPS) is 17.1. The summed E-state index contributed by atoms with van der Waals surface area (Å²) >= 11 is 0. The summed E-state index contributed by atoms with van der Waals surface area (Å²) in [4.78, 5) is 16.7. The summed E-state index contributed by atoms with van der Waals surface area (Å²) in [5.74, 6) is 0. The highest BCUT2D eigenvalue weighted by Gasteiger charge is 2.20. The lowest BCUT2D eigenvalue weighted by Crippen LogP contribution is -2.44. The SMILES string of the molecule is NC(=O)N1CCC(Nc2cccnc2)CC1. The monoisotopic (exact) mass is 220 g/mol. The van der Waals surface area contributed by atoms with Crippen LogP contribution in [0.15, 0.2) is 24.5 Å². The van der Waals surface area contributed by atoms with E-state index in [9.17, 15) is 4.79 Å². The predicted octanol–water partition coefficient (Wildman–Crippen LogP) is 1.04. The fourth-order valence-electron chi connectivity index (χ4n) is 1.93. The van der Waals surface area contributed by atoms with Crippen LogP contribution in [-0.2, 0) is 0 Å². The van der Waals surface area contributed by atoms with Gasteiger partial charge in [-0.1, -0.05) is 0 Å². The van der Waals surface area contributed by atoms with E-state index in [0.29, 0.717) is 6.04 Å². The summed E-state index contributed by atoms with van der Waals surface area (Å²) in [6.07, 6.45) is 5.41. The summed E-state index contributed by atoms with van der Waals surface area (Å²) in [7, 11) is 0. The fraction of sp³-hybridized carbons (Fsp3) is 0.455. The van der Waals surface area contributed by atoms with Gasteiger partial charge in [0, 0.05) is 31.5 Å². The van der Waals surface area contributed by atoms with Crippen molar-refractivity contribution in [3.05, 3.63) is 24.5 Å². The maximum atomic E-state index is 10.9. The first kappa shape index (κ1) is 10.7. The van der Waals surface area contributed by atoms with Crippen LogP contribution in [0, 0.1) is 0 Å². The van der Waals surface area contributed by atoms with Crippen LogP contribution in [0.2, 0.25) is 0 Å². The Morgan fingerprint density at radius 3 is 2.81 bits per heavy atom. The molecule has 2 rings (SSSR count). The largest absolute Gasteiger partial charge is 0.381 e. The van der Waals surface area contributed by atoms with Gasteiger partial charge in [0.2, 0.25) is 0 Å². The van der Waals surface area contributed by atoms with E-state index >= 15 is 0 Å². The van der Waals surface area contributed by atoms with Crippen LogP contribution in [0.1, 0.15) is 12.8 Å². The second kappa shape index (κ2) is 4.83. The molecule has 5 heteroatoms. The Morgan fingerprint density at radius 2 is 2.25 bits per heavy atom. The van der Waals surface area contributed by atoms with Gasteiger partial charge in [-0.2, -0.15) is 0 Å². The molecule has 0 unspecified atom stereocenters. The number of primary amides is 1. The molecule has 2 amide bonds. The molecule has 0 spiro atoms. The van der Waals surface area contributed by atoms with Crippen LogP contribution in [0.3, 0.4) is 0 Å². The summed E-state index contributed by atoms with van der Waals surface area (Å²) in [6, 6.07) is 3.98. The van der Waals surface area contributed by atoms with Crippen molar-refractivity contribution >= 4 is 11.7 Å². The zero-order valence-corrected chi connectivity index (χ0v) is 9.10. The van der Waals surface area contributed by atoms with Gasteiger partial charge in [0.1, 0.15) is 0 Å². The highest BCUT2D eigenvalue weighted by Crippen LogP contribution is 2.15. The molecule has 3 N–H and O–H groups in total. The van der Waals surface area contributed by atoms with Crippen molar-refractivity contribution in [1.29, 1.82) is 0 Å². The van der Waals surface area contributed by atoms with Crippen molar-refractivity contribution in [2.45, 2.75) is 18.9 Å². The van der Waals surface area contributed by atoms with Crippen LogP contribution >= 0.6 is 0 Å². The van der Waals surface area contributed by atoms with Gasteiger partial charge in [-0.25, -0.2) is 4.79 Å². The second-order valence-corrected chi connectivity index (χ2v) is 3.99. The van der Waals surface area contributed by atoms with Gasteiger partial charge in [-0.3, -0.25) is 4.98 Å². The van der Waals surface area contributed by atoms with Crippen molar-refractivity contribution in [1.82, 2.24) is 9.88 Å². The average molecular weight is 220 g/mol. The molecule has 86 valence electrons. The molecule has 16 heavy (non-hydrogen) atoms. The number of aromatic nitrogens is 1. The van der Waals surface area contributed by atoms with Crippen LogP contribution in [0.25, 0.3) is 0 Å². The third-order valence-corrected chi connectivity index (χ3v) is 2.84. The first-order valence-corrected chi connectivity index (χ1v) is 5.46. The quantitative estimate of drug-likeness (QED) is 0.782. The van der Waals surface area contributed by atoms with E-state index in [0.717, 1.165) is 31.6 Å². The molecule has 0 bridgehead atoms. The topological polar surface area (TPSA) is 71.2 Å². The molecule has 1 aromatic rings. The van der Waals surface area contributed by atoms with Gasteiger partial charge < -0.3 is 16.0 Å². The predicted molar refractivity (Wildman–Crippen MR) is 62.0 cm³/mol. The van der Waals surface area contributed by atoms with Gasteiger partial charge in [0.15, 0.2) is 0 Å². The van der Waals surface area contributed by atoms with E-state index in [1.54, 1.807) is 17.3 Å². The lowest BCUT2D eigenvalue weighted by atomic mass is 10.1. The average Bonchev–Trinajstić information content (AvgIpc) is 2.31. The van der Waals surface area contributed by atoms with Crippen LogP contribution in [-0.4, -0.2) is 35.0 Å². The number of amides is 2. The maximum Gasteiger partial charge on any atom is 0.314 e. The Labute approximate surface area is 94.6 Å². The van der Waals surface area contributed by atoms with E-state index in [1.165, 1.54) is 0 Å². The Bertz CT molecular complexity index is 346. The number of hydrogen-bond acceptors (Lipinski definition) is 3. The third kappa shape index (κ3) is 2.62. The number of carbonyl (C=O) groups excluding carboxylic acids is 1. The number of hydrogen-bond donors (Lipinski definition) is 2. The van der Waals surface area contributed by atoms with Crippen LogP contribution in [0.4, 0.5) is 10.5 Å². The molecule has 0 aliphatic carbocycles. The molecular weight excluding hydrogens is 204 g/mol. The highest BCUT2D eigenvalue weighted by molar-refractivity contribution is 5.72. The lowest BCUT2D eigenvalue weighted by Gasteiger charge is -2.31. The van der Waals surface area contributed by atoms with Crippen molar-refractivity contribution < 1.29 is 4.79 Å². The summed E-state index contributed by atoms with van der Waals surface area (Å²) in [5.41, 5.74) is 6.25. The molecular formula is C11H16N4O. The first-order chi connectivity index (χ1) is 7.75. The molecule has 5 nitrogen and oxygen atoms in total.